The van der Waals surface area contributed by atoms with Crippen LogP contribution in [0.1, 0.15) is 5.56 Å². The molecule has 2 aromatic carbocycles. The first-order valence-corrected chi connectivity index (χ1v) is 10.8. The summed E-state index contributed by atoms with van der Waals surface area (Å²) in [6, 6.07) is 16.3. The molecular weight excluding hydrogens is 362 g/mol. The van der Waals surface area contributed by atoms with E-state index in [1.165, 1.54) is 9.60 Å². The number of carbonyl (C=O) groups is 1. The average molecular weight is 384 g/mol. The Morgan fingerprint density at radius 3 is 2.58 bits per heavy atom. The number of hydrogen-bond acceptors (Lipinski definition) is 5. The second-order valence-corrected chi connectivity index (χ2v) is 8.19. The minimum absolute atomic E-state index is 0.213. The molecule has 0 aliphatic carbocycles. The normalized spacial score (nSPS) is 14.8. The summed E-state index contributed by atoms with van der Waals surface area (Å²) < 4.78 is 1.23. The summed E-state index contributed by atoms with van der Waals surface area (Å²) in [6.45, 7) is 3.21. The predicted octanol–water partition coefficient (Wildman–Crippen LogP) is 3.91. The average Bonchev–Trinajstić information content (AvgIpc) is 3.13. The molecule has 3 aromatic rings. The fraction of sp³-hybridized carbons (Fsp3) is 0.300. The van der Waals surface area contributed by atoms with E-state index in [2.05, 4.69) is 29.4 Å². The van der Waals surface area contributed by atoms with Crippen LogP contribution in [-0.2, 0) is 11.2 Å². The van der Waals surface area contributed by atoms with Gasteiger partial charge in [-0.3, -0.25) is 4.79 Å². The van der Waals surface area contributed by atoms with Crippen molar-refractivity contribution < 1.29 is 4.79 Å². The van der Waals surface area contributed by atoms with Crippen molar-refractivity contribution in [3.05, 3.63) is 54.1 Å². The van der Waals surface area contributed by atoms with Gasteiger partial charge in [0.1, 0.15) is 0 Å². The Kier molecular flexibility index (Phi) is 5.13. The van der Waals surface area contributed by atoms with Gasteiger partial charge in [-0.15, -0.1) is 11.8 Å². The first-order chi connectivity index (χ1) is 12.7. The van der Waals surface area contributed by atoms with E-state index >= 15 is 0 Å². The maximum absolute atomic E-state index is 12.5. The monoisotopic (exact) mass is 383 g/mol. The summed E-state index contributed by atoms with van der Waals surface area (Å²) in [5, 5.41) is 1.07. The molecule has 0 unspecified atom stereocenters. The number of fused-ring (bicyclic) bond motifs is 1. The summed E-state index contributed by atoms with van der Waals surface area (Å²) in [5.74, 6) is 0.213. The van der Waals surface area contributed by atoms with E-state index in [4.69, 9.17) is 4.98 Å². The van der Waals surface area contributed by atoms with Gasteiger partial charge in [0.05, 0.1) is 16.6 Å². The molecular formula is C20H21N3OS2. The third kappa shape index (κ3) is 3.57. The van der Waals surface area contributed by atoms with Gasteiger partial charge in [0.2, 0.25) is 5.91 Å². The van der Waals surface area contributed by atoms with Gasteiger partial charge in [0.25, 0.3) is 0 Å². The third-order valence-corrected chi connectivity index (χ3v) is 6.54. The molecule has 1 fully saturated rings. The molecule has 134 valence electrons. The molecule has 4 nitrogen and oxygen atoms in total. The van der Waals surface area contributed by atoms with Gasteiger partial charge in [-0.05, 0) is 24.0 Å². The molecule has 0 N–H and O–H groups in total. The molecule has 0 spiro atoms. The van der Waals surface area contributed by atoms with Crippen molar-refractivity contribution in [1.29, 1.82) is 0 Å². The van der Waals surface area contributed by atoms with Crippen molar-refractivity contribution in [1.82, 2.24) is 9.88 Å². The highest BCUT2D eigenvalue weighted by molar-refractivity contribution is 7.98. The molecule has 1 amide bonds. The zero-order valence-corrected chi connectivity index (χ0v) is 16.4. The Morgan fingerprint density at radius 1 is 1.08 bits per heavy atom. The maximum atomic E-state index is 12.5. The fourth-order valence-electron chi connectivity index (χ4n) is 3.24. The standard InChI is InChI=1S/C20H21N3OS2/c1-25-16-8-5-9-17-19(16)21-20(26-17)23-12-10-22(11-13-23)18(24)14-15-6-3-2-4-7-15/h2-9H,10-14H2,1H3. The van der Waals surface area contributed by atoms with Crippen LogP contribution < -0.4 is 4.90 Å². The molecule has 1 aromatic heterocycles. The number of hydrogen-bond donors (Lipinski definition) is 0. The smallest absolute Gasteiger partial charge is 0.227 e. The van der Waals surface area contributed by atoms with Crippen LogP contribution in [0.4, 0.5) is 5.13 Å². The third-order valence-electron chi connectivity index (χ3n) is 4.69. The minimum atomic E-state index is 0.213. The number of nitrogens with zero attached hydrogens (tertiary/aromatic N) is 3. The topological polar surface area (TPSA) is 36.4 Å². The van der Waals surface area contributed by atoms with E-state index in [0.29, 0.717) is 6.42 Å². The molecule has 26 heavy (non-hydrogen) atoms. The number of benzene rings is 2. The molecule has 4 rings (SSSR count). The number of rotatable bonds is 4. The Balaban J connectivity index is 1.41. The van der Waals surface area contributed by atoms with Crippen LogP contribution in [-0.4, -0.2) is 48.2 Å². The van der Waals surface area contributed by atoms with Gasteiger partial charge in [-0.1, -0.05) is 47.7 Å². The number of thioether (sulfide) groups is 1. The first kappa shape index (κ1) is 17.4. The molecule has 1 saturated heterocycles. The second-order valence-electron chi connectivity index (χ2n) is 6.33. The van der Waals surface area contributed by atoms with Crippen LogP contribution >= 0.6 is 23.1 Å². The van der Waals surface area contributed by atoms with Crippen molar-refractivity contribution in [2.24, 2.45) is 0 Å². The van der Waals surface area contributed by atoms with Crippen LogP contribution in [0.15, 0.2) is 53.4 Å². The predicted molar refractivity (Wildman–Crippen MR) is 110 cm³/mol. The van der Waals surface area contributed by atoms with E-state index in [1.807, 2.05) is 35.2 Å². The van der Waals surface area contributed by atoms with Crippen molar-refractivity contribution in [2.75, 3.05) is 37.3 Å². The summed E-state index contributed by atoms with van der Waals surface area (Å²) in [5.41, 5.74) is 2.18. The Hall–Kier alpha value is -2.05. The zero-order valence-electron chi connectivity index (χ0n) is 14.7. The lowest BCUT2D eigenvalue weighted by Crippen LogP contribution is -2.49. The highest BCUT2D eigenvalue weighted by Gasteiger charge is 2.23. The molecule has 0 atom stereocenters. The zero-order chi connectivity index (χ0) is 17.9. The van der Waals surface area contributed by atoms with Crippen LogP contribution in [0.25, 0.3) is 10.2 Å². The minimum Gasteiger partial charge on any atom is -0.345 e. The van der Waals surface area contributed by atoms with Gasteiger partial charge >= 0.3 is 0 Å². The Labute approximate surface area is 161 Å². The molecule has 2 heterocycles. The van der Waals surface area contributed by atoms with Gasteiger partial charge in [-0.25, -0.2) is 4.98 Å². The lowest BCUT2D eigenvalue weighted by molar-refractivity contribution is -0.130. The van der Waals surface area contributed by atoms with Gasteiger partial charge in [0.15, 0.2) is 5.13 Å². The van der Waals surface area contributed by atoms with Crippen LogP contribution in [0.3, 0.4) is 0 Å². The largest absolute Gasteiger partial charge is 0.345 e. The van der Waals surface area contributed by atoms with Crippen molar-refractivity contribution in [2.45, 2.75) is 11.3 Å². The molecule has 0 saturated carbocycles. The Bertz CT molecular complexity index is 902. The number of thiazole rings is 1. The maximum Gasteiger partial charge on any atom is 0.227 e. The number of aromatic nitrogens is 1. The van der Waals surface area contributed by atoms with Crippen LogP contribution in [0.5, 0.6) is 0 Å². The number of amides is 1. The lowest BCUT2D eigenvalue weighted by Gasteiger charge is -2.34. The second kappa shape index (κ2) is 7.68. The molecule has 1 aliphatic rings. The number of anilines is 1. The molecule has 0 radical (unpaired) electrons. The highest BCUT2D eigenvalue weighted by atomic mass is 32.2. The number of carbonyl (C=O) groups excluding carboxylic acids is 1. The van der Waals surface area contributed by atoms with E-state index in [0.717, 1.165) is 42.4 Å². The van der Waals surface area contributed by atoms with E-state index in [9.17, 15) is 4.79 Å². The van der Waals surface area contributed by atoms with Gasteiger partial charge in [-0.2, -0.15) is 0 Å². The van der Waals surface area contributed by atoms with E-state index in [1.54, 1.807) is 23.1 Å². The fourth-order valence-corrected chi connectivity index (χ4v) is 4.91. The summed E-state index contributed by atoms with van der Waals surface area (Å²) >= 11 is 3.48. The van der Waals surface area contributed by atoms with Crippen molar-refractivity contribution in [3.63, 3.8) is 0 Å². The molecule has 6 heteroatoms. The van der Waals surface area contributed by atoms with Crippen molar-refractivity contribution >= 4 is 44.4 Å². The molecule has 1 aliphatic heterocycles. The van der Waals surface area contributed by atoms with Gasteiger partial charge in [0, 0.05) is 31.1 Å². The first-order valence-electron chi connectivity index (χ1n) is 8.75. The highest BCUT2D eigenvalue weighted by Crippen LogP contribution is 2.34. The van der Waals surface area contributed by atoms with E-state index < -0.39 is 0 Å². The van der Waals surface area contributed by atoms with Crippen molar-refractivity contribution in [3.8, 4) is 0 Å². The van der Waals surface area contributed by atoms with Gasteiger partial charge < -0.3 is 9.80 Å². The number of piperazine rings is 1. The SMILES string of the molecule is CSc1cccc2sc(N3CCN(C(=O)Cc4ccccc4)CC3)nc12. The Morgan fingerprint density at radius 2 is 1.85 bits per heavy atom. The quantitative estimate of drug-likeness (QED) is 0.640. The summed E-state index contributed by atoms with van der Waals surface area (Å²) in [7, 11) is 0. The summed E-state index contributed by atoms with van der Waals surface area (Å²) in [6.07, 6.45) is 2.57. The lowest BCUT2D eigenvalue weighted by atomic mass is 10.1. The summed E-state index contributed by atoms with van der Waals surface area (Å²) in [4.78, 5) is 22.9. The van der Waals surface area contributed by atoms with Crippen LogP contribution in [0.2, 0.25) is 0 Å². The number of para-hydroxylation sites is 1. The van der Waals surface area contributed by atoms with Crippen LogP contribution in [0, 0.1) is 0 Å². The molecule has 0 bridgehead atoms. The van der Waals surface area contributed by atoms with E-state index in [-0.39, 0.29) is 5.91 Å².